The SMILES string of the molecule is CCCCCCCCCCc1cccc2c1C(=O)N(N1C[C@@H](CO)[C@H](O)[C@@H](O)C1)C2=O. The lowest BCUT2D eigenvalue weighted by molar-refractivity contribution is -0.124. The van der Waals surface area contributed by atoms with Gasteiger partial charge in [0.1, 0.15) is 0 Å². The van der Waals surface area contributed by atoms with Crippen molar-refractivity contribution in [3.63, 3.8) is 0 Å². The highest BCUT2D eigenvalue weighted by molar-refractivity contribution is 6.21. The van der Waals surface area contributed by atoms with E-state index in [1.165, 1.54) is 43.5 Å². The smallest absolute Gasteiger partial charge is 0.276 e. The molecule has 172 valence electrons. The van der Waals surface area contributed by atoms with Crippen molar-refractivity contribution in [1.82, 2.24) is 10.0 Å². The molecule has 2 heterocycles. The second kappa shape index (κ2) is 11.2. The van der Waals surface area contributed by atoms with E-state index >= 15 is 0 Å². The zero-order valence-corrected chi connectivity index (χ0v) is 18.5. The Morgan fingerprint density at radius 1 is 0.935 bits per heavy atom. The largest absolute Gasteiger partial charge is 0.396 e. The summed E-state index contributed by atoms with van der Waals surface area (Å²) in [4.78, 5) is 26.2. The minimum Gasteiger partial charge on any atom is -0.396 e. The van der Waals surface area contributed by atoms with E-state index in [0.717, 1.165) is 29.8 Å². The van der Waals surface area contributed by atoms with E-state index in [4.69, 9.17) is 0 Å². The molecule has 3 atom stereocenters. The van der Waals surface area contributed by atoms with Gasteiger partial charge in [0.25, 0.3) is 11.8 Å². The van der Waals surface area contributed by atoms with Crippen molar-refractivity contribution < 1.29 is 24.9 Å². The van der Waals surface area contributed by atoms with E-state index in [-0.39, 0.29) is 25.6 Å². The first-order chi connectivity index (χ1) is 15.0. The van der Waals surface area contributed by atoms with Crippen molar-refractivity contribution in [1.29, 1.82) is 0 Å². The van der Waals surface area contributed by atoms with Crippen LogP contribution in [0.15, 0.2) is 18.2 Å². The van der Waals surface area contributed by atoms with E-state index in [9.17, 15) is 24.9 Å². The Hall–Kier alpha value is -1.80. The number of aliphatic hydroxyl groups excluding tert-OH is 3. The van der Waals surface area contributed by atoms with Crippen LogP contribution >= 0.6 is 0 Å². The Kier molecular flexibility index (Phi) is 8.60. The van der Waals surface area contributed by atoms with Crippen LogP contribution in [-0.2, 0) is 6.42 Å². The van der Waals surface area contributed by atoms with Crippen molar-refractivity contribution in [3.8, 4) is 0 Å². The summed E-state index contributed by atoms with van der Waals surface area (Å²) in [6.07, 6.45) is 8.20. The quantitative estimate of drug-likeness (QED) is 0.367. The molecule has 0 saturated carbocycles. The molecule has 2 aliphatic heterocycles. The zero-order valence-electron chi connectivity index (χ0n) is 18.5. The Bertz CT molecular complexity index is 768. The summed E-state index contributed by atoms with van der Waals surface area (Å²) >= 11 is 0. The molecule has 7 nitrogen and oxygen atoms in total. The van der Waals surface area contributed by atoms with Gasteiger partial charge in [0, 0.05) is 25.6 Å². The number of piperidine rings is 1. The molecule has 0 bridgehead atoms. The molecular formula is C24H36N2O5. The molecule has 2 aliphatic rings. The van der Waals surface area contributed by atoms with Crippen LogP contribution in [0.4, 0.5) is 0 Å². The predicted molar refractivity (Wildman–Crippen MR) is 117 cm³/mol. The molecule has 3 rings (SSSR count). The van der Waals surface area contributed by atoms with Gasteiger partial charge in [-0.25, -0.2) is 10.0 Å². The van der Waals surface area contributed by atoms with E-state index in [0.29, 0.717) is 11.1 Å². The zero-order chi connectivity index (χ0) is 22.4. The van der Waals surface area contributed by atoms with Crippen molar-refractivity contribution >= 4 is 11.8 Å². The third-order valence-corrected chi connectivity index (χ3v) is 6.52. The van der Waals surface area contributed by atoms with Crippen LogP contribution in [0.1, 0.15) is 84.6 Å². The number of β-amino-alcohol motifs (C(OH)–C–C–N with tert-alkyl or cyclic N) is 1. The summed E-state index contributed by atoms with van der Waals surface area (Å²) in [5.41, 5.74) is 1.74. The fraction of sp³-hybridized carbons (Fsp3) is 0.667. The number of hydrogen-bond donors (Lipinski definition) is 3. The first-order valence-corrected chi connectivity index (χ1v) is 11.7. The van der Waals surface area contributed by atoms with Gasteiger partial charge in [0.15, 0.2) is 0 Å². The van der Waals surface area contributed by atoms with Gasteiger partial charge in [-0.3, -0.25) is 9.59 Å². The number of imide groups is 1. The van der Waals surface area contributed by atoms with Gasteiger partial charge in [-0.2, -0.15) is 0 Å². The Labute approximate surface area is 184 Å². The van der Waals surface area contributed by atoms with Crippen LogP contribution in [0.3, 0.4) is 0 Å². The molecule has 0 unspecified atom stereocenters. The molecular weight excluding hydrogens is 396 g/mol. The minimum absolute atomic E-state index is 0.0313. The van der Waals surface area contributed by atoms with Gasteiger partial charge < -0.3 is 15.3 Å². The Morgan fingerprint density at radius 2 is 1.61 bits per heavy atom. The molecule has 3 N–H and O–H groups in total. The summed E-state index contributed by atoms with van der Waals surface area (Å²) in [6.45, 7) is 1.98. The molecule has 0 aromatic heterocycles. The third kappa shape index (κ3) is 5.34. The number of fused-ring (bicyclic) bond motifs is 1. The molecule has 1 aromatic rings. The maximum atomic E-state index is 13.2. The molecule has 2 amide bonds. The molecule has 1 saturated heterocycles. The fourth-order valence-electron chi connectivity index (χ4n) is 4.68. The average molecular weight is 433 g/mol. The Balaban J connectivity index is 1.62. The lowest BCUT2D eigenvalue weighted by Gasteiger charge is -2.41. The summed E-state index contributed by atoms with van der Waals surface area (Å²) in [5, 5.41) is 32.2. The predicted octanol–water partition coefficient (Wildman–Crippen LogP) is 2.53. The molecule has 0 aliphatic carbocycles. The van der Waals surface area contributed by atoms with Crippen molar-refractivity contribution in [3.05, 3.63) is 34.9 Å². The normalized spacial score (nSPS) is 24.1. The minimum atomic E-state index is -1.13. The number of carbonyl (C=O) groups is 2. The maximum absolute atomic E-state index is 13.2. The second-order valence-electron chi connectivity index (χ2n) is 8.86. The van der Waals surface area contributed by atoms with Crippen molar-refractivity contribution in [2.24, 2.45) is 5.92 Å². The van der Waals surface area contributed by atoms with Crippen molar-refractivity contribution in [2.45, 2.75) is 76.9 Å². The number of hydrazine groups is 1. The molecule has 1 fully saturated rings. The number of rotatable bonds is 11. The maximum Gasteiger partial charge on any atom is 0.276 e. The first-order valence-electron chi connectivity index (χ1n) is 11.7. The van der Waals surface area contributed by atoms with Crippen LogP contribution in [-0.4, -0.2) is 69.1 Å². The summed E-state index contributed by atoms with van der Waals surface area (Å²) in [7, 11) is 0. The molecule has 7 heteroatoms. The topological polar surface area (TPSA) is 101 Å². The van der Waals surface area contributed by atoms with E-state index in [2.05, 4.69) is 6.92 Å². The highest BCUT2D eigenvalue weighted by Gasteiger charge is 2.45. The number of hydrogen-bond acceptors (Lipinski definition) is 6. The Morgan fingerprint density at radius 3 is 2.29 bits per heavy atom. The number of benzene rings is 1. The average Bonchev–Trinajstić information content (AvgIpc) is 3.02. The number of nitrogens with zero attached hydrogens (tertiary/aromatic N) is 2. The molecule has 0 spiro atoms. The number of amides is 2. The van der Waals surface area contributed by atoms with Gasteiger partial charge in [0.2, 0.25) is 0 Å². The number of carbonyl (C=O) groups excluding carboxylic acids is 2. The van der Waals surface area contributed by atoms with Crippen LogP contribution in [0.5, 0.6) is 0 Å². The first kappa shape index (κ1) is 23.9. The van der Waals surface area contributed by atoms with Gasteiger partial charge >= 0.3 is 0 Å². The molecule has 1 aromatic carbocycles. The van der Waals surface area contributed by atoms with Crippen LogP contribution in [0.25, 0.3) is 0 Å². The van der Waals surface area contributed by atoms with E-state index in [1.54, 1.807) is 6.07 Å². The highest BCUT2D eigenvalue weighted by atomic mass is 16.3. The van der Waals surface area contributed by atoms with Crippen LogP contribution in [0.2, 0.25) is 0 Å². The van der Waals surface area contributed by atoms with Gasteiger partial charge in [-0.15, -0.1) is 0 Å². The third-order valence-electron chi connectivity index (χ3n) is 6.52. The lowest BCUT2D eigenvalue weighted by atomic mass is 9.94. The highest BCUT2D eigenvalue weighted by Crippen LogP contribution is 2.31. The lowest BCUT2D eigenvalue weighted by Crippen LogP contribution is -2.60. The van der Waals surface area contributed by atoms with Crippen molar-refractivity contribution in [2.75, 3.05) is 19.7 Å². The second-order valence-corrected chi connectivity index (χ2v) is 8.86. The fourth-order valence-corrected chi connectivity index (χ4v) is 4.68. The standard InChI is InChI=1S/C24H36N2O5/c1-2-3-4-5-6-7-8-9-11-17-12-10-13-19-21(17)24(31)26(23(19)30)25-14-18(16-27)22(29)20(28)15-25/h10,12-13,18,20,22,27-29H,2-9,11,14-16H2,1H3/t18-,20-,22-/m0/s1. The van der Waals surface area contributed by atoms with Crippen LogP contribution in [0, 0.1) is 5.92 Å². The molecule has 0 radical (unpaired) electrons. The summed E-state index contributed by atoms with van der Waals surface area (Å²) < 4.78 is 0. The van der Waals surface area contributed by atoms with Gasteiger partial charge in [-0.1, -0.05) is 64.0 Å². The number of unbranched alkanes of at least 4 members (excludes halogenated alkanes) is 7. The summed E-state index contributed by atoms with van der Waals surface area (Å²) in [5.74, 6) is -1.40. The van der Waals surface area contributed by atoms with E-state index in [1.807, 2.05) is 12.1 Å². The number of aliphatic hydroxyl groups is 3. The van der Waals surface area contributed by atoms with Gasteiger partial charge in [0.05, 0.1) is 23.3 Å². The summed E-state index contributed by atoms with van der Waals surface area (Å²) in [6, 6.07) is 5.41. The van der Waals surface area contributed by atoms with Gasteiger partial charge in [-0.05, 0) is 24.5 Å². The monoisotopic (exact) mass is 432 g/mol. The molecule has 31 heavy (non-hydrogen) atoms. The van der Waals surface area contributed by atoms with Crippen LogP contribution < -0.4 is 0 Å². The number of aryl methyl sites for hydroxylation is 1. The van der Waals surface area contributed by atoms with E-state index < -0.39 is 24.0 Å².